The van der Waals surface area contributed by atoms with Crippen molar-refractivity contribution < 1.29 is 22.0 Å². The molecule has 0 aliphatic carbocycles. The number of H-pyrrole nitrogens is 1. The minimum absolute atomic E-state index is 0.00621. The van der Waals surface area contributed by atoms with Gasteiger partial charge in [0.2, 0.25) is 5.78 Å². The Balaban J connectivity index is 1.81. The van der Waals surface area contributed by atoms with Crippen LogP contribution >= 0.6 is 0 Å². The number of nitrogens with one attached hydrogen (secondary N) is 3. The van der Waals surface area contributed by atoms with Crippen molar-refractivity contribution in [3.63, 3.8) is 0 Å². The minimum atomic E-state index is -4.07. The van der Waals surface area contributed by atoms with Crippen LogP contribution < -0.4 is 9.44 Å². The Morgan fingerprint density at radius 1 is 1.06 bits per heavy atom. The van der Waals surface area contributed by atoms with Crippen LogP contribution in [0.3, 0.4) is 0 Å². The number of halogens is 2. The molecule has 7 nitrogen and oxygen atoms in total. The number of rotatable bonds is 6. The fourth-order valence-electron chi connectivity index (χ4n) is 3.15. The van der Waals surface area contributed by atoms with Gasteiger partial charge in [0.25, 0.3) is 10.2 Å². The van der Waals surface area contributed by atoms with Crippen molar-refractivity contribution in [1.82, 2.24) is 14.7 Å². The van der Waals surface area contributed by atoms with Crippen molar-refractivity contribution in [2.75, 3.05) is 11.8 Å². The molecular weight excluding hydrogens is 426 g/mol. The Labute approximate surface area is 176 Å². The number of anilines is 1. The summed E-state index contributed by atoms with van der Waals surface area (Å²) in [6.45, 7) is 0. The highest BCUT2D eigenvalue weighted by atomic mass is 32.2. The van der Waals surface area contributed by atoms with E-state index in [9.17, 15) is 22.0 Å². The zero-order valence-corrected chi connectivity index (χ0v) is 16.9. The van der Waals surface area contributed by atoms with Gasteiger partial charge in [-0.15, -0.1) is 0 Å². The van der Waals surface area contributed by atoms with Crippen LogP contribution in [0.5, 0.6) is 0 Å². The molecule has 158 valence electrons. The number of hydrogen-bond donors (Lipinski definition) is 3. The Morgan fingerprint density at radius 3 is 2.52 bits per heavy atom. The summed E-state index contributed by atoms with van der Waals surface area (Å²) in [6.07, 6.45) is 2.94. The summed E-state index contributed by atoms with van der Waals surface area (Å²) in [6, 6.07) is 12.7. The smallest absolute Gasteiger partial charge is 0.298 e. The van der Waals surface area contributed by atoms with Crippen LogP contribution in [-0.2, 0) is 10.2 Å². The highest BCUT2D eigenvalue weighted by Crippen LogP contribution is 2.29. The second-order valence-electron chi connectivity index (χ2n) is 6.61. The lowest BCUT2D eigenvalue weighted by Gasteiger charge is -2.11. The first-order valence-electron chi connectivity index (χ1n) is 9.07. The third kappa shape index (κ3) is 3.90. The van der Waals surface area contributed by atoms with Crippen molar-refractivity contribution >= 4 is 32.7 Å². The van der Waals surface area contributed by atoms with Crippen molar-refractivity contribution in [3.8, 4) is 11.1 Å². The number of pyridine rings is 1. The van der Waals surface area contributed by atoms with Gasteiger partial charge < -0.3 is 4.98 Å². The highest BCUT2D eigenvalue weighted by molar-refractivity contribution is 7.90. The summed E-state index contributed by atoms with van der Waals surface area (Å²) >= 11 is 0. The molecule has 0 bridgehead atoms. The van der Waals surface area contributed by atoms with Gasteiger partial charge in [-0.05, 0) is 23.8 Å². The number of fused-ring (bicyclic) bond motifs is 1. The molecule has 0 saturated carbocycles. The summed E-state index contributed by atoms with van der Waals surface area (Å²) < 4.78 is 56.6. The Morgan fingerprint density at radius 2 is 1.81 bits per heavy atom. The first-order valence-corrected chi connectivity index (χ1v) is 10.6. The average Bonchev–Trinajstić information content (AvgIpc) is 3.19. The SMILES string of the molecule is CNS(=O)(=O)Nc1ccc(F)c(C(=O)c2c[nH]c3ncc(-c4ccccc4)cc23)c1F. The summed E-state index contributed by atoms with van der Waals surface area (Å²) in [5.74, 6) is -3.37. The fraction of sp³-hybridized carbons (Fsp3) is 0.0476. The summed E-state index contributed by atoms with van der Waals surface area (Å²) in [4.78, 5) is 20.2. The number of carbonyl (C=O) groups is 1. The van der Waals surface area contributed by atoms with Crippen LogP contribution in [0.25, 0.3) is 22.2 Å². The molecule has 0 aliphatic heterocycles. The van der Waals surface area contributed by atoms with E-state index in [2.05, 4.69) is 9.97 Å². The topological polar surface area (TPSA) is 104 Å². The number of ketones is 1. The van der Waals surface area contributed by atoms with Gasteiger partial charge in [-0.2, -0.15) is 8.42 Å². The van der Waals surface area contributed by atoms with E-state index in [0.29, 0.717) is 11.0 Å². The largest absolute Gasteiger partial charge is 0.345 e. The molecule has 0 unspecified atom stereocenters. The fourth-order valence-corrected chi connectivity index (χ4v) is 3.70. The van der Waals surface area contributed by atoms with Crippen LogP contribution in [0.2, 0.25) is 0 Å². The number of benzene rings is 2. The second-order valence-corrected chi connectivity index (χ2v) is 8.23. The highest BCUT2D eigenvalue weighted by Gasteiger charge is 2.25. The van der Waals surface area contributed by atoms with Gasteiger partial charge in [-0.3, -0.25) is 9.52 Å². The molecule has 0 fully saturated rings. The third-order valence-electron chi connectivity index (χ3n) is 4.71. The Bertz CT molecular complexity index is 1400. The summed E-state index contributed by atoms with van der Waals surface area (Å²) in [5, 5.41) is 0.381. The zero-order chi connectivity index (χ0) is 22.2. The molecule has 3 N–H and O–H groups in total. The van der Waals surface area contributed by atoms with E-state index in [-0.39, 0.29) is 5.56 Å². The van der Waals surface area contributed by atoms with Gasteiger partial charge in [0.1, 0.15) is 11.5 Å². The van der Waals surface area contributed by atoms with E-state index in [4.69, 9.17) is 0 Å². The normalized spacial score (nSPS) is 11.6. The quantitative estimate of drug-likeness (QED) is 0.397. The van der Waals surface area contributed by atoms with E-state index < -0.39 is 38.9 Å². The molecule has 2 aromatic carbocycles. The molecule has 0 spiro atoms. The zero-order valence-electron chi connectivity index (χ0n) is 16.1. The van der Waals surface area contributed by atoms with Crippen LogP contribution in [0, 0.1) is 11.6 Å². The predicted molar refractivity (Wildman–Crippen MR) is 113 cm³/mol. The molecule has 10 heteroatoms. The van der Waals surface area contributed by atoms with Crippen molar-refractivity contribution in [3.05, 3.63) is 83.7 Å². The molecule has 2 heterocycles. The maximum absolute atomic E-state index is 14.9. The molecule has 0 atom stereocenters. The van der Waals surface area contributed by atoms with Crippen LogP contribution in [-0.4, -0.2) is 31.2 Å². The minimum Gasteiger partial charge on any atom is -0.345 e. The molecule has 4 rings (SSSR count). The molecule has 4 aromatic rings. The first-order chi connectivity index (χ1) is 14.8. The van der Waals surface area contributed by atoms with Gasteiger partial charge >= 0.3 is 0 Å². The lowest BCUT2D eigenvalue weighted by atomic mass is 10.00. The maximum atomic E-state index is 14.9. The maximum Gasteiger partial charge on any atom is 0.298 e. The van der Waals surface area contributed by atoms with Crippen molar-refractivity contribution in [2.24, 2.45) is 0 Å². The third-order valence-corrected chi connectivity index (χ3v) is 5.74. The van der Waals surface area contributed by atoms with Gasteiger partial charge in [0, 0.05) is 36.0 Å². The standard InChI is InChI=1S/C21H16F2N4O3S/c1-24-31(29,30)27-17-8-7-16(22)18(19(17)23)20(28)15-11-26-21-14(15)9-13(10-25-21)12-5-3-2-4-6-12/h2-11,24,27H,1H3,(H,25,26). The molecular formula is C21H16F2N4O3S. The molecule has 0 amide bonds. The average molecular weight is 442 g/mol. The molecule has 0 radical (unpaired) electrons. The number of carbonyl (C=O) groups excluding carboxylic acids is 1. The van der Waals surface area contributed by atoms with Crippen LogP contribution in [0.4, 0.5) is 14.5 Å². The van der Waals surface area contributed by atoms with Gasteiger partial charge in [-0.1, -0.05) is 30.3 Å². The van der Waals surface area contributed by atoms with E-state index >= 15 is 0 Å². The monoisotopic (exact) mass is 442 g/mol. The molecule has 2 aromatic heterocycles. The van der Waals surface area contributed by atoms with Gasteiger partial charge in [0.05, 0.1) is 11.3 Å². The van der Waals surface area contributed by atoms with Crippen LogP contribution in [0.15, 0.2) is 60.9 Å². The summed E-state index contributed by atoms with van der Waals surface area (Å²) in [7, 11) is -2.94. The Hall–Kier alpha value is -3.63. The van der Waals surface area contributed by atoms with E-state index in [1.54, 1.807) is 12.3 Å². The van der Waals surface area contributed by atoms with Crippen molar-refractivity contribution in [1.29, 1.82) is 0 Å². The number of aromatic nitrogens is 2. The number of hydrogen-bond acceptors (Lipinski definition) is 4. The van der Waals surface area contributed by atoms with Gasteiger partial charge in [-0.25, -0.2) is 18.5 Å². The van der Waals surface area contributed by atoms with Gasteiger partial charge in [0.15, 0.2) is 5.82 Å². The molecule has 0 saturated heterocycles. The van der Waals surface area contributed by atoms with E-state index in [1.165, 1.54) is 6.20 Å². The second kappa shape index (κ2) is 7.89. The van der Waals surface area contributed by atoms with E-state index in [1.807, 2.05) is 39.8 Å². The van der Waals surface area contributed by atoms with E-state index in [0.717, 1.165) is 30.3 Å². The number of nitrogens with zero attached hydrogens (tertiary/aromatic N) is 1. The van der Waals surface area contributed by atoms with Crippen LogP contribution in [0.1, 0.15) is 15.9 Å². The Kier molecular flexibility index (Phi) is 5.25. The van der Waals surface area contributed by atoms with Crippen molar-refractivity contribution in [2.45, 2.75) is 0 Å². The lowest BCUT2D eigenvalue weighted by Crippen LogP contribution is -2.27. The number of aromatic amines is 1. The lowest BCUT2D eigenvalue weighted by molar-refractivity contribution is 0.103. The predicted octanol–water partition coefficient (Wildman–Crippen LogP) is 3.62. The molecule has 31 heavy (non-hydrogen) atoms. The molecule has 0 aliphatic rings. The summed E-state index contributed by atoms with van der Waals surface area (Å²) in [5.41, 5.74) is 0.530. The first kappa shape index (κ1) is 20.6.